The van der Waals surface area contributed by atoms with Crippen LogP contribution in [0.2, 0.25) is 0 Å². The molecule has 2 aliphatic rings. The molecule has 0 aromatic carbocycles. The third-order valence-corrected chi connectivity index (χ3v) is 6.05. The lowest BCUT2D eigenvalue weighted by Gasteiger charge is -2.38. The number of rotatable bonds is 9. The summed E-state index contributed by atoms with van der Waals surface area (Å²) < 4.78 is 0. The summed E-state index contributed by atoms with van der Waals surface area (Å²) in [6.45, 7) is 10.5. The average molecular weight is 461 g/mol. The maximum atomic E-state index is 12.6. The Kier molecular flexibility index (Phi) is 11.8. The zero-order chi connectivity index (χ0) is 24.8. The van der Waals surface area contributed by atoms with Gasteiger partial charge in [-0.1, -0.05) is 67.7 Å². The van der Waals surface area contributed by atoms with Crippen molar-refractivity contribution in [3.8, 4) is 0 Å². The van der Waals surface area contributed by atoms with Gasteiger partial charge in [0.25, 0.3) is 0 Å². The highest BCUT2D eigenvalue weighted by Crippen LogP contribution is 2.34. The quantitative estimate of drug-likeness (QED) is 0.342. The fourth-order valence-electron chi connectivity index (χ4n) is 4.34. The van der Waals surface area contributed by atoms with E-state index >= 15 is 0 Å². The van der Waals surface area contributed by atoms with Crippen LogP contribution in [0, 0.1) is 5.92 Å². The zero-order valence-corrected chi connectivity index (χ0v) is 21.0. The van der Waals surface area contributed by atoms with Crippen molar-refractivity contribution in [3.05, 3.63) is 96.5 Å². The Morgan fingerprint density at radius 2 is 2.18 bits per heavy atom. The fourth-order valence-corrected chi connectivity index (χ4v) is 4.34. The van der Waals surface area contributed by atoms with Crippen LogP contribution < -0.4 is 10.7 Å². The number of aliphatic imine (C=N–C) groups is 1. The first-order valence-electron chi connectivity index (χ1n) is 12.1. The minimum absolute atomic E-state index is 0.0295. The summed E-state index contributed by atoms with van der Waals surface area (Å²) in [5.74, 6) is 0.0636. The van der Waals surface area contributed by atoms with Gasteiger partial charge in [-0.05, 0) is 42.9 Å². The van der Waals surface area contributed by atoms with Crippen molar-refractivity contribution in [1.82, 2.24) is 15.8 Å². The SMILES string of the molecule is C=CC/C=C\C=C(/CC)C(CC1=CCC=NC=C1)C1C(=C)C(NC)=CC/C=C\CC(=O)NN1C. The van der Waals surface area contributed by atoms with Gasteiger partial charge in [-0.25, -0.2) is 5.01 Å². The Morgan fingerprint density at radius 1 is 1.35 bits per heavy atom. The van der Waals surface area contributed by atoms with Crippen molar-refractivity contribution >= 4 is 12.1 Å². The Hall–Kier alpha value is -3.18. The third-order valence-electron chi connectivity index (χ3n) is 6.05. The highest BCUT2D eigenvalue weighted by atomic mass is 16.2. The molecular formula is C29H40N4O. The molecular weight excluding hydrogens is 420 g/mol. The van der Waals surface area contributed by atoms with E-state index in [0.29, 0.717) is 6.42 Å². The summed E-state index contributed by atoms with van der Waals surface area (Å²) >= 11 is 0. The number of nitrogens with zero attached hydrogens (tertiary/aromatic N) is 2. The summed E-state index contributed by atoms with van der Waals surface area (Å²) in [6, 6.07) is -0.141. The van der Waals surface area contributed by atoms with E-state index in [0.717, 1.165) is 43.4 Å². The molecule has 5 heteroatoms. The summed E-state index contributed by atoms with van der Waals surface area (Å²) in [5, 5.41) is 5.27. The van der Waals surface area contributed by atoms with E-state index in [2.05, 4.69) is 72.3 Å². The zero-order valence-electron chi connectivity index (χ0n) is 21.0. The van der Waals surface area contributed by atoms with Gasteiger partial charge in [0.15, 0.2) is 0 Å². The van der Waals surface area contributed by atoms with Crippen LogP contribution in [0.25, 0.3) is 0 Å². The van der Waals surface area contributed by atoms with Crippen molar-refractivity contribution in [2.24, 2.45) is 10.9 Å². The molecule has 2 heterocycles. The van der Waals surface area contributed by atoms with Gasteiger partial charge in [0.1, 0.15) is 0 Å². The summed E-state index contributed by atoms with van der Waals surface area (Å²) in [4.78, 5) is 16.9. The van der Waals surface area contributed by atoms with E-state index < -0.39 is 0 Å². The molecule has 0 fully saturated rings. The minimum Gasteiger partial charge on any atom is -0.388 e. The number of hydrazine groups is 1. The van der Waals surface area contributed by atoms with Crippen molar-refractivity contribution < 1.29 is 4.79 Å². The van der Waals surface area contributed by atoms with E-state index in [9.17, 15) is 4.79 Å². The lowest BCUT2D eigenvalue weighted by Crippen LogP contribution is -2.50. The van der Waals surface area contributed by atoms with Crippen molar-refractivity contribution in [2.75, 3.05) is 14.1 Å². The molecule has 1 amide bonds. The first-order valence-corrected chi connectivity index (χ1v) is 12.1. The van der Waals surface area contributed by atoms with Crippen molar-refractivity contribution in [3.63, 3.8) is 0 Å². The Morgan fingerprint density at radius 3 is 2.91 bits per heavy atom. The van der Waals surface area contributed by atoms with Crippen molar-refractivity contribution in [2.45, 2.75) is 51.5 Å². The number of carbonyl (C=O) groups excluding carboxylic acids is 1. The standard InChI is InChI=1S/C29H40N4O/c1-6-8-9-11-16-25(7-2)26(22-24-15-14-20-31-21-19-24)29-23(3)27(30-4)17-12-10-13-18-28(34)32-33(29)5/h6,9-11,13,15-17,19-21,26,29-30H,1,3,7-8,12,14,18,22H2,2,4-5H3,(H,32,34)/b11-9-,13-10-,25-16+,27-17?. The summed E-state index contributed by atoms with van der Waals surface area (Å²) in [5.41, 5.74) is 7.58. The molecule has 0 saturated carbocycles. The molecule has 0 radical (unpaired) electrons. The first-order chi connectivity index (χ1) is 16.5. The van der Waals surface area contributed by atoms with Crippen LogP contribution in [0.4, 0.5) is 0 Å². The normalized spacial score (nSPS) is 22.3. The monoisotopic (exact) mass is 460 g/mol. The molecule has 2 aliphatic heterocycles. The second-order valence-electron chi connectivity index (χ2n) is 8.42. The van der Waals surface area contributed by atoms with E-state index in [-0.39, 0.29) is 17.9 Å². The number of hydrogen-bond donors (Lipinski definition) is 2. The van der Waals surface area contributed by atoms with Crippen LogP contribution >= 0.6 is 0 Å². The molecule has 182 valence electrons. The Balaban J connectivity index is 2.57. The molecule has 5 nitrogen and oxygen atoms in total. The largest absolute Gasteiger partial charge is 0.388 e. The number of nitrogens with one attached hydrogen (secondary N) is 2. The topological polar surface area (TPSA) is 56.7 Å². The minimum atomic E-state index is -0.141. The maximum absolute atomic E-state index is 12.6. The number of allylic oxidation sites excluding steroid dienone is 9. The van der Waals surface area contributed by atoms with Gasteiger partial charge in [0.05, 0.1) is 6.04 Å². The van der Waals surface area contributed by atoms with Gasteiger partial charge < -0.3 is 5.32 Å². The highest BCUT2D eigenvalue weighted by molar-refractivity contribution is 5.77. The molecule has 34 heavy (non-hydrogen) atoms. The molecule has 0 aromatic heterocycles. The lowest BCUT2D eigenvalue weighted by atomic mass is 9.79. The van der Waals surface area contributed by atoms with Crippen LogP contribution in [0.5, 0.6) is 0 Å². The predicted octanol–water partition coefficient (Wildman–Crippen LogP) is 5.72. The average Bonchev–Trinajstić information content (AvgIpc) is 3.10. The molecule has 0 bridgehead atoms. The Bertz CT molecular complexity index is 930. The number of likely N-dealkylation sites (N-methyl/N-ethyl adjacent to an activating group) is 2. The van der Waals surface area contributed by atoms with Gasteiger partial charge in [-0.15, -0.1) is 6.58 Å². The second kappa shape index (κ2) is 14.9. The van der Waals surface area contributed by atoms with E-state index in [1.807, 2.05) is 49.7 Å². The van der Waals surface area contributed by atoms with Gasteiger partial charge in [-0.2, -0.15) is 0 Å². The van der Waals surface area contributed by atoms with Gasteiger partial charge in [-0.3, -0.25) is 15.2 Å². The van der Waals surface area contributed by atoms with Crippen LogP contribution in [0.15, 0.2) is 101 Å². The summed E-state index contributed by atoms with van der Waals surface area (Å²) in [6.07, 6.45) is 26.9. The lowest BCUT2D eigenvalue weighted by molar-refractivity contribution is -0.125. The summed E-state index contributed by atoms with van der Waals surface area (Å²) in [7, 11) is 3.87. The van der Waals surface area contributed by atoms with Crippen LogP contribution in [-0.4, -0.2) is 37.3 Å². The molecule has 0 saturated heterocycles. The highest BCUT2D eigenvalue weighted by Gasteiger charge is 2.32. The van der Waals surface area contributed by atoms with E-state index in [4.69, 9.17) is 0 Å². The maximum Gasteiger partial charge on any atom is 0.238 e. The Labute approximate surface area is 205 Å². The molecule has 0 aliphatic carbocycles. The third kappa shape index (κ3) is 8.31. The number of amides is 1. The van der Waals surface area contributed by atoms with Gasteiger partial charge in [0, 0.05) is 51.0 Å². The first kappa shape index (κ1) is 27.1. The van der Waals surface area contributed by atoms with Crippen LogP contribution in [-0.2, 0) is 4.79 Å². The van der Waals surface area contributed by atoms with E-state index in [1.54, 1.807) is 0 Å². The predicted molar refractivity (Wildman–Crippen MR) is 145 cm³/mol. The van der Waals surface area contributed by atoms with E-state index in [1.165, 1.54) is 11.1 Å². The van der Waals surface area contributed by atoms with Gasteiger partial charge >= 0.3 is 0 Å². The van der Waals surface area contributed by atoms with Crippen LogP contribution in [0.1, 0.15) is 45.4 Å². The molecule has 2 N–H and O–H groups in total. The van der Waals surface area contributed by atoms with Crippen molar-refractivity contribution in [1.29, 1.82) is 0 Å². The molecule has 2 rings (SSSR count). The molecule has 2 atom stereocenters. The fraction of sp³-hybridized carbons (Fsp3) is 0.379. The number of carbonyl (C=O) groups is 1. The second-order valence-corrected chi connectivity index (χ2v) is 8.42. The molecule has 0 spiro atoms. The van der Waals surface area contributed by atoms with Gasteiger partial charge in [0.2, 0.25) is 5.91 Å². The smallest absolute Gasteiger partial charge is 0.238 e. The molecule has 0 aromatic rings. The van der Waals surface area contributed by atoms with Crippen LogP contribution in [0.3, 0.4) is 0 Å². The molecule has 2 unspecified atom stereocenters. The number of hydrogen-bond acceptors (Lipinski definition) is 4.